The van der Waals surface area contributed by atoms with Gasteiger partial charge in [-0.3, -0.25) is 4.79 Å². The van der Waals surface area contributed by atoms with E-state index in [1.54, 1.807) is 17.2 Å². The molecule has 7 heteroatoms. The molecule has 1 aromatic heterocycles. The second kappa shape index (κ2) is 7.29. The molecule has 1 aliphatic heterocycles. The molecule has 1 aliphatic rings. The zero-order valence-corrected chi connectivity index (χ0v) is 16.3. The first-order chi connectivity index (χ1) is 13.0. The van der Waals surface area contributed by atoms with E-state index in [1.807, 2.05) is 24.3 Å². The van der Waals surface area contributed by atoms with Gasteiger partial charge in [0, 0.05) is 23.8 Å². The molecule has 27 heavy (non-hydrogen) atoms. The Kier molecular flexibility index (Phi) is 4.85. The molecule has 0 bridgehead atoms. The van der Waals surface area contributed by atoms with Crippen molar-refractivity contribution in [3.8, 4) is 11.6 Å². The molecule has 0 saturated heterocycles. The van der Waals surface area contributed by atoms with Gasteiger partial charge in [-0.1, -0.05) is 45.7 Å². The Morgan fingerprint density at radius 1 is 1.19 bits per heavy atom. The molecule has 0 aliphatic carbocycles. The lowest BCUT2D eigenvalue weighted by molar-refractivity contribution is 0.0764. The molecule has 0 fully saturated rings. The van der Waals surface area contributed by atoms with Gasteiger partial charge >= 0.3 is 0 Å². The summed E-state index contributed by atoms with van der Waals surface area (Å²) < 4.78 is 20.6. The van der Waals surface area contributed by atoms with Gasteiger partial charge in [0.1, 0.15) is 5.56 Å². The lowest BCUT2D eigenvalue weighted by Crippen LogP contribution is -2.23. The van der Waals surface area contributed by atoms with Crippen LogP contribution < -0.4 is 4.74 Å². The van der Waals surface area contributed by atoms with Crippen molar-refractivity contribution in [2.24, 2.45) is 0 Å². The molecule has 0 spiro atoms. The Hall–Kier alpha value is -2.44. The fourth-order valence-corrected chi connectivity index (χ4v) is 3.43. The number of carbonyl (C=O) groups excluding carboxylic acids is 1. The van der Waals surface area contributed by atoms with E-state index in [0.717, 1.165) is 15.6 Å². The summed E-state index contributed by atoms with van der Waals surface area (Å²) in [6, 6.07) is 13.8. The van der Waals surface area contributed by atoms with Crippen LogP contribution in [0.25, 0.3) is 0 Å². The van der Waals surface area contributed by atoms with E-state index >= 15 is 0 Å². The van der Waals surface area contributed by atoms with E-state index in [2.05, 4.69) is 20.9 Å². The van der Waals surface area contributed by atoms with Gasteiger partial charge in [0.25, 0.3) is 5.91 Å². The third-order valence-corrected chi connectivity index (χ3v) is 5.10. The number of nitrogens with zero attached hydrogens (tertiary/aromatic N) is 2. The highest BCUT2D eigenvalue weighted by Crippen LogP contribution is 2.36. The van der Waals surface area contributed by atoms with Crippen LogP contribution in [0.15, 0.2) is 59.2 Å². The fourth-order valence-electron chi connectivity index (χ4n) is 2.97. The van der Waals surface area contributed by atoms with Gasteiger partial charge in [-0.15, -0.1) is 0 Å². The van der Waals surface area contributed by atoms with Crippen molar-refractivity contribution < 1.29 is 13.9 Å². The maximum atomic E-state index is 14.0. The maximum Gasteiger partial charge on any atom is 0.260 e. The van der Waals surface area contributed by atoms with Crippen molar-refractivity contribution in [3.63, 3.8) is 0 Å². The average Bonchev–Trinajstić information content (AvgIpc) is 2.97. The predicted molar refractivity (Wildman–Crippen MR) is 103 cm³/mol. The number of fused-ring (bicyclic) bond motifs is 1. The third kappa shape index (κ3) is 3.55. The van der Waals surface area contributed by atoms with Gasteiger partial charge in [0.2, 0.25) is 5.88 Å². The molecule has 4 rings (SSSR count). The van der Waals surface area contributed by atoms with Crippen molar-refractivity contribution in [2.75, 3.05) is 0 Å². The summed E-state index contributed by atoms with van der Waals surface area (Å²) in [7, 11) is 0. The van der Waals surface area contributed by atoms with E-state index in [1.165, 1.54) is 18.2 Å². The van der Waals surface area contributed by atoms with Crippen molar-refractivity contribution in [1.82, 2.24) is 9.88 Å². The van der Waals surface area contributed by atoms with Crippen LogP contribution in [0, 0.1) is 5.82 Å². The minimum absolute atomic E-state index is 0.0582. The monoisotopic (exact) mass is 446 g/mol. The summed E-state index contributed by atoms with van der Waals surface area (Å²) in [6.07, 6.45) is 1.54. The number of halogens is 3. The molecule has 0 saturated carbocycles. The SMILES string of the molecule is O=C1c2c(ccnc2Oc2c(F)cccc2Cl)CN1Cc1ccc(Br)cc1. The number of pyridine rings is 1. The number of hydrogen-bond acceptors (Lipinski definition) is 3. The van der Waals surface area contributed by atoms with Gasteiger partial charge in [-0.2, -0.15) is 0 Å². The van der Waals surface area contributed by atoms with Gasteiger partial charge in [0.05, 0.1) is 5.02 Å². The Bertz CT molecular complexity index is 1010. The number of amides is 1. The summed E-state index contributed by atoms with van der Waals surface area (Å²) in [5, 5.41) is 0.117. The van der Waals surface area contributed by atoms with Crippen LogP contribution >= 0.6 is 27.5 Å². The second-order valence-electron chi connectivity index (χ2n) is 6.09. The largest absolute Gasteiger partial charge is 0.433 e. The van der Waals surface area contributed by atoms with Crippen LogP contribution in [-0.2, 0) is 13.1 Å². The van der Waals surface area contributed by atoms with Crippen LogP contribution in [0.4, 0.5) is 4.39 Å². The smallest absolute Gasteiger partial charge is 0.260 e. The van der Waals surface area contributed by atoms with Gasteiger partial charge in [0.15, 0.2) is 11.6 Å². The number of hydrogen-bond donors (Lipinski definition) is 0. The Morgan fingerprint density at radius 3 is 2.70 bits per heavy atom. The van der Waals surface area contributed by atoms with Crippen LogP contribution in [0.2, 0.25) is 5.02 Å². The second-order valence-corrected chi connectivity index (χ2v) is 7.41. The predicted octanol–water partition coefficient (Wildman–Crippen LogP) is 5.58. The van der Waals surface area contributed by atoms with Crippen molar-refractivity contribution in [2.45, 2.75) is 13.1 Å². The third-order valence-electron chi connectivity index (χ3n) is 4.27. The molecule has 0 N–H and O–H groups in total. The van der Waals surface area contributed by atoms with Gasteiger partial charge in [-0.05, 0) is 41.5 Å². The first-order valence-corrected chi connectivity index (χ1v) is 9.33. The Balaban J connectivity index is 1.62. The van der Waals surface area contributed by atoms with Gasteiger partial charge < -0.3 is 9.64 Å². The molecular formula is C20H13BrClFN2O2. The quantitative estimate of drug-likeness (QED) is 0.524. The van der Waals surface area contributed by atoms with Crippen molar-refractivity contribution in [1.29, 1.82) is 0 Å². The normalized spacial score (nSPS) is 13.0. The number of ether oxygens (including phenoxy) is 1. The summed E-state index contributed by atoms with van der Waals surface area (Å²) in [5.41, 5.74) is 2.13. The molecule has 1 amide bonds. The minimum atomic E-state index is -0.612. The number of rotatable bonds is 4. The number of benzene rings is 2. The van der Waals surface area contributed by atoms with Crippen molar-refractivity contribution >= 4 is 33.4 Å². The summed E-state index contributed by atoms with van der Waals surface area (Å²) >= 11 is 9.42. The number of aromatic nitrogens is 1. The minimum Gasteiger partial charge on any atom is -0.433 e. The van der Waals surface area contributed by atoms with E-state index in [4.69, 9.17) is 16.3 Å². The van der Waals surface area contributed by atoms with Crippen LogP contribution in [0.5, 0.6) is 11.6 Å². The molecule has 3 aromatic rings. The standard InChI is InChI=1S/C20H13BrClFN2O2/c21-14-6-4-12(5-7-14)10-25-11-13-8-9-24-19(17(13)20(25)26)27-18-15(22)2-1-3-16(18)23/h1-9H,10-11H2. The van der Waals surface area contributed by atoms with E-state index in [9.17, 15) is 9.18 Å². The summed E-state index contributed by atoms with van der Waals surface area (Å²) in [6.45, 7) is 0.898. The van der Waals surface area contributed by atoms with E-state index in [-0.39, 0.29) is 22.6 Å². The first-order valence-electron chi connectivity index (χ1n) is 8.16. The fraction of sp³-hybridized carbons (Fsp3) is 0.100. The summed E-state index contributed by atoms with van der Waals surface area (Å²) in [5.74, 6) is -0.899. The van der Waals surface area contributed by atoms with Crippen LogP contribution in [0.3, 0.4) is 0 Å². The lowest BCUT2D eigenvalue weighted by atomic mass is 10.2. The van der Waals surface area contributed by atoms with E-state index < -0.39 is 5.82 Å². The highest BCUT2D eigenvalue weighted by Gasteiger charge is 2.32. The molecule has 4 nitrogen and oxygen atoms in total. The average molecular weight is 448 g/mol. The summed E-state index contributed by atoms with van der Waals surface area (Å²) in [4.78, 5) is 18.7. The molecular weight excluding hydrogens is 435 g/mol. The Morgan fingerprint density at radius 2 is 1.96 bits per heavy atom. The zero-order chi connectivity index (χ0) is 19.0. The highest BCUT2D eigenvalue weighted by molar-refractivity contribution is 9.10. The van der Waals surface area contributed by atoms with Crippen LogP contribution in [-0.4, -0.2) is 15.8 Å². The Labute approximate surface area is 168 Å². The number of para-hydroxylation sites is 1. The van der Waals surface area contributed by atoms with Crippen LogP contribution in [0.1, 0.15) is 21.5 Å². The molecule has 0 radical (unpaired) electrons. The molecule has 0 unspecified atom stereocenters. The lowest BCUT2D eigenvalue weighted by Gasteiger charge is -2.16. The molecule has 136 valence electrons. The maximum absolute atomic E-state index is 14.0. The molecule has 0 atom stereocenters. The highest BCUT2D eigenvalue weighted by atomic mass is 79.9. The van der Waals surface area contributed by atoms with E-state index in [0.29, 0.717) is 18.7 Å². The van der Waals surface area contributed by atoms with Gasteiger partial charge in [-0.25, -0.2) is 9.37 Å². The topological polar surface area (TPSA) is 42.4 Å². The van der Waals surface area contributed by atoms with Crippen molar-refractivity contribution in [3.05, 3.63) is 86.7 Å². The molecule has 2 aromatic carbocycles. The molecule has 2 heterocycles. The zero-order valence-electron chi connectivity index (χ0n) is 14.0. The number of carbonyl (C=O) groups is 1. The first kappa shape index (κ1) is 17.9.